The molecule has 9 nitrogen and oxygen atoms in total. The molecule has 0 saturated carbocycles. The maximum Gasteiger partial charge on any atom is 0.306 e. The number of esters is 1. The summed E-state index contributed by atoms with van der Waals surface area (Å²) in [5.41, 5.74) is 0. The van der Waals surface area contributed by atoms with Gasteiger partial charge in [0.1, 0.15) is 30.5 Å². The molecule has 1 heterocycles. The number of hydrogen-bond acceptors (Lipinski definition) is 9. The molecule has 6 atom stereocenters. The number of aliphatic hydroxyl groups excluding tert-OH is 4. The maximum absolute atomic E-state index is 12.9. The van der Waals surface area contributed by atoms with Crippen LogP contribution >= 0.6 is 0 Å². The van der Waals surface area contributed by atoms with Crippen molar-refractivity contribution in [2.45, 2.75) is 288 Å². The molecule has 0 aromatic carbocycles. The van der Waals surface area contributed by atoms with Gasteiger partial charge in [0.2, 0.25) is 0 Å². The summed E-state index contributed by atoms with van der Waals surface area (Å²) in [5, 5.41) is 40.3. The first-order valence-electron chi connectivity index (χ1n) is 27.6. The van der Waals surface area contributed by atoms with Crippen LogP contribution in [0.4, 0.5) is 0 Å². The zero-order valence-electron chi connectivity index (χ0n) is 42.2. The maximum atomic E-state index is 12.9. The van der Waals surface area contributed by atoms with Gasteiger partial charge >= 0.3 is 5.97 Å². The third-order valence-electron chi connectivity index (χ3n) is 12.8. The average molecular weight is 921 g/mol. The number of ether oxygens (including phenoxy) is 4. The molecule has 4 N–H and O–H groups in total. The van der Waals surface area contributed by atoms with Gasteiger partial charge in [0.15, 0.2) is 6.29 Å². The van der Waals surface area contributed by atoms with Crippen molar-refractivity contribution in [1.29, 1.82) is 0 Å². The van der Waals surface area contributed by atoms with Crippen LogP contribution < -0.4 is 0 Å². The molecule has 0 aromatic rings. The molecule has 0 radical (unpaired) electrons. The van der Waals surface area contributed by atoms with E-state index in [1.807, 2.05) is 0 Å². The molecule has 1 rings (SSSR count). The van der Waals surface area contributed by atoms with Gasteiger partial charge in [-0.25, -0.2) is 0 Å². The first-order chi connectivity index (χ1) is 31.9. The molecule has 1 saturated heterocycles. The molecule has 382 valence electrons. The molecule has 65 heavy (non-hydrogen) atoms. The fraction of sp³-hybridized carbons (Fsp3) is 0.875. The van der Waals surface area contributed by atoms with Crippen molar-refractivity contribution in [3.05, 3.63) is 36.5 Å². The highest BCUT2D eigenvalue weighted by molar-refractivity contribution is 5.69. The van der Waals surface area contributed by atoms with Crippen molar-refractivity contribution >= 4 is 5.97 Å². The molecule has 0 bridgehead atoms. The Morgan fingerprint density at radius 1 is 0.492 bits per heavy atom. The van der Waals surface area contributed by atoms with Crippen LogP contribution in [0.3, 0.4) is 0 Å². The lowest BCUT2D eigenvalue weighted by Gasteiger charge is -2.39. The van der Waals surface area contributed by atoms with Crippen LogP contribution in [-0.4, -0.2) is 89.6 Å². The van der Waals surface area contributed by atoms with Gasteiger partial charge in [-0.2, -0.15) is 0 Å². The van der Waals surface area contributed by atoms with Crippen LogP contribution in [0.2, 0.25) is 0 Å². The number of rotatable bonds is 48. The molecule has 1 fully saturated rings. The van der Waals surface area contributed by atoms with E-state index in [2.05, 4.69) is 50.3 Å². The van der Waals surface area contributed by atoms with Crippen LogP contribution in [0.5, 0.6) is 0 Å². The van der Waals surface area contributed by atoms with Gasteiger partial charge in [0.25, 0.3) is 0 Å². The third-order valence-corrected chi connectivity index (χ3v) is 12.8. The minimum Gasteiger partial charge on any atom is -0.457 e. The Morgan fingerprint density at radius 2 is 0.892 bits per heavy atom. The van der Waals surface area contributed by atoms with E-state index < -0.39 is 43.4 Å². The van der Waals surface area contributed by atoms with Crippen molar-refractivity contribution in [2.24, 2.45) is 0 Å². The number of unbranched alkanes of at least 4 members (excludes halogenated alkanes) is 31. The molecule has 0 aliphatic carbocycles. The number of carbonyl (C=O) groups excluding carboxylic acids is 1. The van der Waals surface area contributed by atoms with Gasteiger partial charge in [-0.3, -0.25) is 4.79 Å². The zero-order chi connectivity index (χ0) is 47.1. The summed E-state index contributed by atoms with van der Waals surface area (Å²) in [6.45, 7) is 4.59. The highest BCUT2D eigenvalue weighted by Gasteiger charge is 2.44. The fourth-order valence-corrected chi connectivity index (χ4v) is 8.50. The summed E-state index contributed by atoms with van der Waals surface area (Å²) in [7, 11) is 0. The lowest BCUT2D eigenvalue weighted by Crippen LogP contribution is -2.59. The lowest BCUT2D eigenvalue weighted by molar-refractivity contribution is -0.305. The van der Waals surface area contributed by atoms with Gasteiger partial charge in [0.05, 0.1) is 19.8 Å². The van der Waals surface area contributed by atoms with Gasteiger partial charge in [-0.1, -0.05) is 230 Å². The van der Waals surface area contributed by atoms with E-state index in [1.54, 1.807) is 0 Å². The Balaban J connectivity index is 2.17. The van der Waals surface area contributed by atoms with Crippen molar-refractivity contribution in [3.8, 4) is 0 Å². The van der Waals surface area contributed by atoms with Crippen molar-refractivity contribution in [2.75, 3.05) is 26.4 Å². The van der Waals surface area contributed by atoms with Gasteiger partial charge in [-0.15, -0.1) is 0 Å². The summed E-state index contributed by atoms with van der Waals surface area (Å²) in [4.78, 5) is 12.9. The second kappa shape index (κ2) is 47.5. The van der Waals surface area contributed by atoms with Crippen LogP contribution in [-0.2, 0) is 23.7 Å². The van der Waals surface area contributed by atoms with Crippen molar-refractivity contribution in [3.63, 3.8) is 0 Å². The first kappa shape index (κ1) is 61.4. The van der Waals surface area contributed by atoms with E-state index in [4.69, 9.17) is 18.9 Å². The highest BCUT2D eigenvalue weighted by Crippen LogP contribution is 2.23. The highest BCUT2D eigenvalue weighted by atomic mass is 16.7. The predicted octanol–water partition coefficient (Wildman–Crippen LogP) is 13.9. The largest absolute Gasteiger partial charge is 0.457 e. The summed E-state index contributed by atoms with van der Waals surface area (Å²) < 4.78 is 22.9. The Morgan fingerprint density at radius 3 is 1.34 bits per heavy atom. The molecular formula is C56H104O9. The molecule has 6 unspecified atom stereocenters. The Kier molecular flexibility index (Phi) is 44.9. The standard InChI is InChI=1S/C56H104O9/c1-3-5-7-9-11-13-15-17-19-21-22-23-24-25-26-27-28-29-31-33-35-37-39-41-43-45-52(58)64-50(49-63-56-55(61)54(60)53(59)51(47-57)65-56)48-62-46-44-42-40-38-36-34-32-30-20-18-16-14-12-10-8-6-4-2/h15,17,21-22,24-25,50-51,53-57,59-61H,3-14,16,18-20,23,26-49H2,1-2H3/b17-15-,22-21-,25-24-. The van der Waals surface area contributed by atoms with E-state index >= 15 is 0 Å². The number of aliphatic hydroxyl groups is 4. The monoisotopic (exact) mass is 921 g/mol. The first-order valence-corrected chi connectivity index (χ1v) is 27.6. The topological polar surface area (TPSA) is 135 Å². The van der Waals surface area contributed by atoms with Gasteiger partial charge < -0.3 is 39.4 Å². The minimum absolute atomic E-state index is 0.112. The summed E-state index contributed by atoms with van der Waals surface area (Å²) in [5.74, 6) is -0.313. The number of allylic oxidation sites excluding steroid dienone is 6. The second-order valence-corrected chi connectivity index (χ2v) is 19.0. The molecule has 1 aliphatic heterocycles. The van der Waals surface area contributed by atoms with Crippen LogP contribution in [0, 0.1) is 0 Å². The molecule has 1 aliphatic rings. The van der Waals surface area contributed by atoms with Gasteiger partial charge in [0, 0.05) is 13.0 Å². The molecule has 0 aromatic heterocycles. The summed E-state index contributed by atoms with van der Waals surface area (Å²) in [6.07, 6.45) is 51.8. The number of carbonyl (C=O) groups is 1. The predicted molar refractivity (Wildman–Crippen MR) is 270 cm³/mol. The van der Waals surface area contributed by atoms with Crippen LogP contribution in [0.25, 0.3) is 0 Å². The Bertz CT molecular complexity index is 1090. The van der Waals surface area contributed by atoms with E-state index in [0.29, 0.717) is 13.0 Å². The zero-order valence-corrected chi connectivity index (χ0v) is 42.2. The number of hydrogen-bond donors (Lipinski definition) is 4. The molecule has 0 spiro atoms. The van der Waals surface area contributed by atoms with E-state index in [-0.39, 0.29) is 19.2 Å². The molecule has 0 amide bonds. The lowest BCUT2D eigenvalue weighted by atomic mass is 9.99. The summed E-state index contributed by atoms with van der Waals surface area (Å²) in [6, 6.07) is 0. The average Bonchev–Trinajstić information content (AvgIpc) is 3.31. The van der Waals surface area contributed by atoms with E-state index in [9.17, 15) is 25.2 Å². The van der Waals surface area contributed by atoms with Crippen molar-refractivity contribution < 1.29 is 44.2 Å². The quantitative estimate of drug-likeness (QED) is 0.0267. The smallest absolute Gasteiger partial charge is 0.306 e. The van der Waals surface area contributed by atoms with E-state index in [0.717, 1.165) is 44.9 Å². The van der Waals surface area contributed by atoms with Crippen LogP contribution in [0.15, 0.2) is 36.5 Å². The normalized spacial score (nSPS) is 19.6. The summed E-state index contributed by atoms with van der Waals surface area (Å²) >= 11 is 0. The Labute approximate surface area is 400 Å². The Hall–Kier alpha value is -1.59. The third kappa shape index (κ3) is 38.0. The van der Waals surface area contributed by atoms with E-state index in [1.165, 1.54) is 186 Å². The fourth-order valence-electron chi connectivity index (χ4n) is 8.50. The van der Waals surface area contributed by atoms with Crippen LogP contribution in [0.1, 0.15) is 251 Å². The SMILES string of the molecule is CCCCCCC/C=C\C/C=C\C/C=C\CCCCCCCCCCCCC(=O)OC(COCCCCCCCCCCCCCCCCCCC)COC1OC(CO)C(O)C(O)C1O. The second-order valence-electron chi connectivity index (χ2n) is 19.0. The van der Waals surface area contributed by atoms with Crippen molar-refractivity contribution in [1.82, 2.24) is 0 Å². The van der Waals surface area contributed by atoms with Gasteiger partial charge in [-0.05, 0) is 51.4 Å². The minimum atomic E-state index is -1.54. The molecular weight excluding hydrogens is 817 g/mol. The molecule has 9 heteroatoms.